The van der Waals surface area contributed by atoms with Crippen molar-refractivity contribution in [1.82, 2.24) is 10.2 Å². The van der Waals surface area contributed by atoms with Crippen molar-refractivity contribution in [3.8, 4) is 11.1 Å². The van der Waals surface area contributed by atoms with Crippen LogP contribution in [0.1, 0.15) is 18.9 Å². The van der Waals surface area contributed by atoms with Gasteiger partial charge < -0.3 is 10.1 Å². The van der Waals surface area contributed by atoms with Crippen LogP contribution in [-0.2, 0) is 16.1 Å². The quantitative estimate of drug-likeness (QED) is 0.813. The zero-order chi connectivity index (χ0) is 20.4. The Morgan fingerprint density at radius 1 is 1.21 bits per heavy atom. The highest BCUT2D eigenvalue weighted by Crippen LogP contribution is 2.29. The van der Waals surface area contributed by atoms with Crippen molar-refractivity contribution in [2.45, 2.75) is 26.0 Å². The van der Waals surface area contributed by atoms with Gasteiger partial charge in [-0.2, -0.15) is 0 Å². The van der Waals surface area contributed by atoms with E-state index in [1.165, 1.54) is 29.9 Å². The van der Waals surface area contributed by atoms with Gasteiger partial charge in [0.15, 0.2) is 0 Å². The number of halogens is 1. The van der Waals surface area contributed by atoms with E-state index in [0.29, 0.717) is 11.3 Å². The molecule has 0 saturated carbocycles. The van der Waals surface area contributed by atoms with Crippen LogP contribution in [0.3, 0.4) is 0 Å². The number of carbonyl (C=O) groups is 2. The second-order valence-electron chi connectivity index (χ2n) is 7.54. The Balaban J connectivity index is 1.45. The van der Waals surface area contributed by atoms with Gasteiger partial charge in [0.25, 0.3) is 0 Å². The minimum Gasteiger partial charge on any atom is -0.442 e. The molecule has 0 bridgehead atoms. The van der Waals surface area contributed by atoms with Gasteiger partial charge in [-0.3, -0.25) is 14.6 Å². The number of likely N-dealkylation sites (tertiary alicyclic amines) is 1. The van der Waals surface area contributed by atoms with E-state index in [4.69, 9.17) is 4.74 Å². The Kier molecular flexibility index (Phi) is 5.49. The van der Waals surface area contributed by atoms with Crippen LogP contribution in [0.5, 0.6) is 0 Å². The number of cyclic esters (lactones) is 1. The molecule has 2 aliphatic heterocycles. The number of nitrogens with one attached hydrogen (secondary N) is 1. The van der Waals surface area contributed by atoms with E-state index < -0.39 is 18.0 Å². The molecular weight excluding hydrogens is 373 g/mol. The molecule has 1 N–H and O–H groups in total. The first-order chi connectivity index (χ1) is 14.0. The summed E-state index contributed by atoms with van der Waals surface area (Å²) >= 11 is 0. The molecular formula is C22H24FN3O3. The molecule has 4 rings (SSSR count). The van der Waals surface area contributed by atoms with Crippen molar-refractivity contribution in [3.63, 3.8) is 0 Å². The minimum atomic E-state index is -0.539. The second kappa shape index (κ2) is 8.21. The van der Waals surface area contributed by atoms with Crippen molar-refractivity contribution < 1.29 is 18.7 Å². The molecule has 0 unspecified atom stereocenters. The molecule has 0 aromatic heterocycles. The lowest BCUT2D eigenvalue weighted by Crippen LogP contribution is -2.36. The van der Waals surface area contributed by atoms with Crippen LogP contribution in [0.4, 0.5) is 14.9 Å². The average molecular weight is 397 g/mol. The van der Waals surface area contributed by atoms with Crippen LogP contribution in [0.15, 0.2) is 42.5 Å². The molecule has 2 amide bonds. The van der Waals surface area contributed by atoms with Crippen molar-refractivity contribution in [3.05, 3.63) is 53.8 Å². The molecule has 152 valence electrons. The molecule has 0 radical (unpaired) electrons. The van der Waals surface area contributed by atoms with Gasteiger partial charge in [-0.05, 0) is 48.8 Å². The number of benzene rings is 2. The fourth-order valence-electron chi connectivity index (χ4n) is 3.59. The Morgan fingerprint density at radius 3 is 2.59 bits per heavy atom. The standard InChI is InChI=1S/C22H24FN3O3/c1-15(27)24-12-19-14-26(22(28)29-19)18-7-8-20(21(23)11-18)17-5-3-16(4-6-17)13-25-9-2-10-25/h3-8,11,19H,2,9-10,12-14H2,1H3,(H,24,27)/t19-/m0/s1. The molecule has 2 aromatic rings. The molecule has 7 heteroatoms. The van der Waals surface area contributed by atoms with E-state index in [1.54, 1.807) is 12.1 Å². The van der Waals surface area contributed by atoms with Gasteiger partial charge in [0.05, 0.1) is 18.8 Å². The van der Waals surface area contributed by atoms with E-state index in [-0.39, 0.29) is 19.0 Å². The number of nitrogens with zero attached hydrogens (tertiary/aromatic N) is 2. The molecule has 1 atom stereocenters. The van der Waals surface area contributed by atoms with E-state index in [0.717, 1.165) is 25.2 Å². The van der Waals surface area contributed by atoms with Crippen LogP contribution in [-0.4, -0.2) is 49.2 Å². The van der Waals surface area contributed by atoms with Gasteiger partial charge in [-0.15, -0.1) is 0 Å². The number of anilines is 1. The summed E-state index contributed by atoms with van der Waals surface area (Å²) in [6.07, 6.45) is 0.268. The molecule has 0 aliphatic carbocycles. The lowest BCUT2D eigenvalue weighted by atomic mass is 10.0. The van der Waals surface area contributed by atoms with E-state index in [1.807, 2.05) is 24.3 Å². The third-order valence-electron chi connectivity index (χ3n) is 5.34. The van der Waals surface area contributed by atoms with Crippen LogP contribution in [0.2, 0.25) is 0 Å². The molecule has 2 heterocycles. The van der Waals surface area contributed by atoms with Crippen molar-refractivity contribution in [2.24, 2.45) is 0 Å². The number of rotatable bonds is 6. The third-order valence-corrected chi connectivity index (χ3v) is 5.34. The van der Waals surface area contributed by atoms with Crippen molar-refractivity contribution >= 4 is 17.7 Å². The molecule has 2 aromatic carbocycles. The number of hydrogen-bond donors (Lipinski definition) is 1. The average Bonchev–Trinajstić information content (AvgIpc) is 3.04. The fraction of sp³-hybridized carbons (Fsp3) is 0.364. The molecule has 2 fully saturated rings. The SMILES string of the molecule is CC(=O)NC[C@H]1CN(c2ccc(-c3ccc(CN4CCC4)cc3)c(F)c2)C(=O)O1. The smallest absolute Gasteiger partial charge is 0.414 e. The van der Waals surface area contributed by atoms with Crippen LogP contribution < -0.4 is 10.2 Å². The topological polar surface area (TPSA) is 61.9 Å². The zero-order valence-electron chi connectivity index (χ0n) is 16.4. The third kappa shape index (κ3) is 4.40. The summed E-state index contributed by atoms with van der Waals surface area (Å²) in [4.78, 5) is 26.9. The summed E-state index contributed by atoms with van der Waals surface area (Å²) in [5.41, 5.74) is 2.95. The maximum atomic E-state index is 14.8. The van der Waals surface area contributed by atoms with E-state index in [9.17, 15) is 14.0 Å². The summed E-state index contributed by atoms with van der Waals surface area (Å²) in [6.45, 7) is 5.12. The Hall–Kier alpha value is -2.93. The summed E-state index contributed by atoms with van der Waals surface area (Å²) in [7, 11) is 0. The zero-order valence-corrected chi connectivity index (χ0v) is 16.4. The molecule has 0 spiro atoms. The number of hydrogen-bond acceptors (Lipinski definition) is 4. The lowest BCUT2D eigenvalue weighted by molar-refractivity contribution is -0.119. The number of ether oxygens (including phenoxy) is 1. The van der Waals surface area contributed by atoms with E-state index in [2.05, 4.69) is 10.2 Å². The predicted octanol–water partition coefficient (Wildman–Crippen LogP) is 3.16. The predicted molar refractivity (Wildman–Crippen MR) is 108 cm³/mol. The highest BCUT2D eigenvalue weighted by atomic mass is 19.1. The van der Waals surface area contributed by atoms with E-state index >= 15 is 0 Å². The maximum absolute atomic E-state index is 14.8. The number of amides is 2. The Labute approximate surface area is 169 Å². The van der Waals surface area contributed by atoms with Gasteiger partial charge in [-0.1, -0.05) is 24.3 Å². The highest BCUT2D eigenvalue weighted by molar-refractivity contribution is 5.90. The first-order valence-corrected chi connectivity index (χ1v) is 9.83. The van der Waals surface area contributed by atoms with Crippen LogP contribution in [0, 0.1) is 5.82 Å². The molecule has 6 nitrogen and oxygen atoms in total. The lowest BCUT2D eigenvalue weighted by Gasteiger charge is -2.30. The molecule has 2 aliphatic rings. The fourth-order valence-corrected chi connectivity index (χ4v) is 3.59. The number of carbonyl (C=O) groups excluding carboxylic acids is 2. The van der Waals surface area contributed by atoms with Gasteiger partial charge in [0, 0.05) is 19.0 Å². The Morgan fingerprint density at radius 2 is 1.97 bits per heavy atom. The normalized spacial score (nSPS) is 19.0. The summed E-state index contributed by atoms with van der Waals surface area (Å²) in [6, 6.07) is 12.7. The molecule has 29 heavy (non-hydrogen) atoms. The summed E-state index contributed by atoms with van der Waals surface area (Å²) in [5.74, 6) is -0.582. The summed E-state index contributed by atoms with van der Waals surface area (Å²) in [5, 5.41) is 2.63. The van der Waals surface area contributed by atoms with Crippen LogP contribution in [0.25, 0.3) is 11.1 Å². The minimum absolute atomic E-state index is 0.189. The largest absolute Gasteiger partial charge is 0.442 e. The van der Waals surface area contributed by atoms with Crippen molar-refractivity contribution in [1.29, 1.82) is 0 Å². The first-order valence-electron chi connectivity index (χ1n) is 9.83. The highest BCUT2D eigenvalue weighted by Gasteiger charge is 2.32. The molecule has 2 saturated heterocycles. The van der Waals surface area contributed by atoms with Gasteiger partial charge in [-0.25, -0.2) is 9.18 Å². The maximum Gasteiger partial charge on any atom is 0.414 e. The van der Waals surface area contributed by atoms with Gasteiger partial charge in [0.2, 0.25) is 5.91 Å². The summed E-state index contributed by atoms with van der Waals surface area (Å²) < 4.78 is 20.0. The monoisotopic (exact) mass is 397 g/mol. The van der Waals surface area contributed by atoms with Crippen molar-refractivity contribution in [2.75, 3.05) is 31.1 Å². The van der Waals surface area contributed by atoms with Gasteiger partial charge in [0.1, 0.15) is 11.9 Å². The second-order valence-corrected chi connectivity index (χ2v) is 7.54. The van der Waals surface area contributed by atoms with Crippen LogP contribution >= 0.6 is 0 Å². The van der Waals surface area contributed by atoms with Gasteiger partial charge >= 0.3 is 6.09 Å². The Bertz CT molecular complexity index is 912. The first kappa shape index (κ1) is 19.4.